The monoisotopic (exact) mass is 484 g/mol. The van der Waals surface area contributed by atoms with E-state index >= 15 is 0 Å². The molecule has 0 bridgehead atoms. The summed E-state index contributed by atoms with van der Waals surface area (Å²) in [5, 5.41) is 13.3. The summed E-state index contributed by atoms with van der Waals surface area (Å²) in [5.74, 6) is -0.277. The van der Waals surface area contributed by atoms with E-state index in [0.29, 0.717) is 28.3 Å². The van der Waals surface area contributed by atoms with Gasteiger partial charge >= 0.3 is 0 Å². The number of halogens is 1. The minimum Gasteiger partial charge on any atom is -0.305 e. The zero-order chi connectivity index (χ0) is 22.6. The molecule has 0 spiro atoms. The molecule has 166 valence electrons. The Morgan fingerprint density at radius 3 is 2.61 bits per heavy atom. The maximum Gasteiger partial charge on any atom is 0.239 e. The van der Waals surface area contributed by atoms with Crippen LogP contribution in [-0.2, 0) is 27.9 Å². The van der Waals surface area contributed by atoms with E-state index in [4.69, 9.17) is 0 Å². The summed E-state index contributed by atoms with van der Waals surface area (Å²) < 4.78 is 40.9. The van der Waals surface area contributed by atoms with Crippen molar-refractivity contribution in [1.82, 2.24) is 19.7 Å². The predicted molar refractivity (Wildman–Crippen MR) is 119 cm³/mol. The predicted octanol–water partition coefficient (Wildman–Crippen LogP) is 2.98. The fourth-order valence-corrected chi connectivity index (χ4v) is 5.00. The van der Waals surface area contributed by atoms with E-state index in [9.17, 15) is 17.6 Å². The Morgan fingerprint density at radius 2 is 2.03 bits per heavy atom. The van der Waals surface area contributed by atoms with E-state index in [0.717, 1.165) is 10.6 Å². The van der Waals surface area contributed by atoms with Gasteiger partial charge in [-0.1, -0.05) is 11.8 Å². The van der Waals surface area contributed by atoms with Gasteiger partial charge in [0.15, 0.2) is 16.1 Å². The van der Waals surface area contributed by atoms with Gasteiger partial charge in [-0.25, -0.2) is 17.8 Å². The number of rotatable bonds is 9. The van der Waals surface area contributed by atoms with Crippen molar-refractivity contribution in [1.29, 1.82) is 0 Å². The Morgan fingerprint density at radius 1 is 1.32 bits per heavy atom. The van der Waals surface area contributed by atoms with E-state index in [-0.39, 0.29) is 12.5 Å². The van der Waals surface area contributed by atoms with Gasteiger partial charge in [0.05, 0.1) is 23.7 Å². The van der Waals surface area contributed by atoms with Crippen molar-refractivity contribution in [2.75, 3.05) is 15.9 Å². The molecule has 1 atom stereocenters. The highest BCUT2D eigenvalue weighted by Crippen LogP contribution is 2.26. The number of carbonyl (C=O) groups is 1. The SMILES string of the molecule is CCn1c(CN(c2ccc(F)cc2)S(C)(=O)=O)nnc1S[C@@H](C)C(=O)Nc1nccs1. The van der Waals surface area contributed by atoms with E-state index in [2.05, 4.69) is 20.5 Å². The van der Waals surface area contributed by atoms with Gasteiger partial charge in [-0.15, -0.1) is 21.5 Å². The molecule has 9 nitrogen and oxygen atoms in total. The van der Waals surface area contributed by atoms with Gasteiger partial charge in [0.25, 0.3) is 0 Å². The van der Waals surface area contributed by atoms with Crippen LogP contribution in [0, 0.1) is 5.82 Å². The highest BCUT2D eigenvalue weighted by atomic mass is 32.2. The molecule has 0 radical (unpaired) electrons. The standard InChI is InChI=1S/C18H21FN6O3S3/c1-4-24-15(11-25(31(3,27)28)14-7-5-13(19)6-8-14)22-23-18(24)30-12(2)16(26)21-17-20-9-10-29-17/h5-10,12H,4,11H2,1-3H3,(H,20,21,26)/t12-/m0/s1. The molecule has 3 rings (SSSR count). The van der Waals surface area contributed by atoms with Gasteiger partial charge in [0.2, 0.25) is 15.9 Å². The van der Waals surface area contributed by atoms with Crippen molar-refractivity contribution in [3.63, 3.8) is 0 Å². The molecule has 1 aromatic carbocycles. The number of anilines is 2. The zero-order valence-corrected chi connectivity index (χ0v) is 19.5. The lowest BCUT2D eigenvalue weighted by Gasteiger charge is -2.22. The zero-order valence-electron chi connectivity index (χ0n) is 17.0. The lowest BCUT2D eigenvalue weighted by molar-refractivity contribution is -0.115. The van der Waals surface area contributed by atoms with Crippen LogP contribution in [0.1, 0.15) is 19.7 Å². The molecule has 0 saturated carbocycles. The van der Waals surface area contributed by atoms with Crippen molar-refractivity contribution in [2.45, 2.75) is 37.3 Å². The van der Waals surface area contributed by atoms with Crippen molar-refractivity contribution in [2.24, 2.45) is 0 Å². The second-order valence-electron chi connectivity index (χ2n) is 6.48. The first-order valence-corrected chi connectivity index (χ1v) is 12.8. The van der Waals surface area contributed by atoms with Crippen LogP contribution in [-0.4, -0.2) is 45.6 Å². The minimum absolute atomic E-state index is 0.0778. The van der Waals surface area contributed by atoms with Crippen LogP contribution >= 0.6 is 23.1 Å². The first kappa shape index (κ1) is 23.2. The molecule has 1 N–H and O–H groups in total. The fraction of sp³-hybridized carbons (Fsp3) is 0.333. The molecule has 31 heavy (non-hydrogen) atoms. The van der Waals surface area contributed by atoms with Crippen molar-refractivity contribution < 1.29 is 17.6 Å². The van der Waals surface area contributed by atoms with E-state index in [1.807, 2.05) is 6.92 Å². The summed E-state index contributed by atoms with van der Waals surface area (Å²) >= 11 is 2.54. The number of sulfonamides is 1. The normalized spacial score (nSPS) is 12.5. The number of amides is 1. The Balaban J connectivity index is 1.79. The third-order valence-electron chi connectivity index (χ3n) is 4.22. The van der Waals surface area contributed by atoms with E-state index in [1.165, 1.54) is 47.4 Å². The number of nitrogens with zero attached hydrogens (tertiary/aromatic N) is 5. The van der Waals surface area contributed by atoms with Crippen molar-refractivity contribution in [3.8, 4) is 0 Å². The highest BCUT2D eigenvalue weighted by molar-refractivity contribution is 8.00. The molecule has 0 aliphatic rings. The van der Waals surface area contributed by atoms with Crippen LogP contribution in [0.25, 0.3) is 0 Å². The Bertz CT molecular complexity index is 1130. The lowest BCUT2D eigenvalue weighted by Crippen LogP contribution is -2.30. The van der Waals surface area contributed by atoms with Gasteiger partial charge in [-0.05, 0) is 38.1 Å². The van der Waals surface area contributed by atoms with E-state index < -0.39 is 21.1 Å². The van der Waals surface area contributed by atoms with Gasteiger partial charge < -0.3 is 9.88 Å². The molecule has 0 aliphatic carbocycles. The molecule has 0 fully saturated rings. The second kappa shape index (κ2) is 9.75. The first-order valence-electron chi connectivity index (χ1n) is 9.21. The van der Waals surface area contributed by atoms with Gasteiger partial charge in [-0.2, -0.15) is 0 Å². The number of thiazole rings is 1. The van der Waals surface area contributed by atoms with Gasteiger partial charge in [-0.3, -0.25) is 9.10 Å². The third-order valence-corrected chi connectivity index (χ3v) is 7.13. The largest absolute Gasteiger partial charge is 0.305 e. The Labute approximate surface area is 187 Å². The second-order valence-corrected chi connectivity index (χ2v) is 10.6. The maximum absolute atomic E-state index is 13.3. The number of hydrogen-bond acceptors (Lipinski definition) is 8. The number of nitrogens with one attached hydrogen (secondary N) is 1. The summed E-state index contributed by atoms with van der Waals surface area (Å²) in [6.07, 6.45) is 2.68. The van der Waals surface area contributed by atoms with Gasteiger partial charge in [0, 0.05) is 18.1 Å². The smallest absolute Gasteiger partial charge is 0.239 e. The molecule has 1 amide bonds. The number of thioether (sulfide) groups is 1. The summed E-state index contributed by atoms with van der Waals surface area (Å²) in [6.45, 7) is 4.02. The Kier molecular flexibility index (Phi) is 7.28. The maximum atomic E-state index is 13.3. The number of aromatic nitrogens is 4. The number of hydrogen-bond donors (Lipinski definition) is 1. The number of carbonyl (C=O) groups excluding carboxylic acids is 1. The molecular formula is C18H21FN6O3S3. The molecule has 0 saturated heterocycles. The summed E-state index contributed by atoms with van der Waals surface area (Å²) in [7, 11) is -3.66. The minimum atomic E-state index is -3.66. The van der Waals surface area contributed by atoms with Gasteiger partial charge in [0.1, 0.15) is 5.82 Å². The number of benzene rings is 1. The molecule has 0 aliphatic heterocycles. The molecule has 13 heteroatoms. The first-order chi connectivity index (χ1) is 14.7. The molecule has 2 aromatic heterocycles. The van der Waals surface area contributed by atoms with Crippen LogP contribution in [0.3, 0.4) is 0 Å². The van der Waals surface area contributed by atoms with Crippen LogP contribution in [0.5, 0.6) is 0 Å². The van der Waals surface area contributed by atoms with Crippen LogP contribution in [0.4, 0.5) is 15.2 Å². The molecule has 0 unspecified atom stereocenters. The topological polar surface area (TPSA) is 110 Å². The lowest BCUT2D eigenvalue weighted by atomic mass is 10.3. The quantitative estimate of drug-likeness (QED) is 0.465. The van der Waals surface area contributed by atoms with Crippen LogP contribution in [0.2, 0.25) is 0 Å². The fourth-order valence-electron chi connectivity index (χ4n) is 2.68. The summed E-state index contributed by atoms with van der Waals surface area (Å²) in [4.78, 5) is 16.4. The Hall–Kier alpha value is -2.51. The molecule has 2 heterocycles. The summed E-state index contributed by atoms with van der Waals surface area (Å²) in [6, 6.07) is 5.18. The summed E-state index contributed by atoms with van der Waals surface area (Å²) in [5.41, 5.74) is 0.319. The average molecular weight is 485 g/mol. The van der Waals surface area contributed by atoms with Crippen LogP contribution in [0.15, 0.2) is 41.0 Å². The van der Waals surface area contributed by atoms with Crippen LogP contribution < -0.4 is 9.62 Å². The third kappa shape index (κ3) is 5.80. The molecule has 3 aromatic rings. The highest BCUT2D eigenvalue weighted by Gasteiger charge is 2.24. The average Bonchev–Trinajstić information content (AvgIpc) is 3.35. The van der Waals surface area contributed by atoms with Crippen molar-refractivity contribution >= 4 is 49.8 Å². The molecular weight excluding hydrogens is 463 g/mol. The van der Waals surface area contributed by atoms with E-state index in [1.54, 1.807) is 23.1 Å². The van der Waals surface area contributed by atoms with Crippen molar-refractivity contribution in [3.05, 3.63) is 47.5 Å².